The van der Waals surface area contributed by atoms with Crippen molar-refractivity contribution in [2.75, 3.05) is 19.6 Å². The highest BCUT2D eigenvalue weighted by molar-refractivity contribution is 5.23. The van der Waals surface area contributed by atoms with E-state index in [9.17, 15) is 0 Å². The molecule has 1 aromatic rings. The third-order valence-corrected chi connectivity index (χ3v) is 4.55. The standard InChI is InChI=1S/C18H30N2/c1-4-19-13-16-6-5-7-17(12-16)14-20-10-8-18(9-11-20)15(2)3/h5-7,12,15,18-19H,4,8-11,13-14H2,1-3H3. The second-order valence-electron chi connectivity index (χ2n) is 6.46. The first-order valence-electron chi connectivity index (χ1n) is 8.20. The monoisotopic (exact) mass is 274 g/mol. The van der Waals surface area contributed by atoms with Crippen LogP contribution in [0.4, 0.5) is 0 Å². The van der Waals surface area contributed by atoms with E-state index in [1.807, 2.05) is 0 Å². The van der Waals surface area contributed by atoms with Crippen molar-refractivity contribution in [3.63, 3.8) is 0 Å². The molecule has 0 radical (unpaired) electrons. The van der Waals surface area contributed by atoms with Crippen molar-refractivity contribution in [3.05, 3.63) is 35.4 Å². The second kappa shape index (κ2) is 7.80. The Kier molecular flexibility index (Phi) is 6.06. The molecule has 1 aliphatic heterocycles. The molecular formula is C18H30N2. The second-order valence-corrected chi connectivity index (χ2v) is 6.46. The fourth-order valence-electron chi connectivity index (χ4n) is 3.14. The maximum atomic E-state index is 3.40. The third kappa shape index (κ3) is 4.60. The van der Waals surface area contributed by atoms with Gasteiger partial charge in [-0.3, -0.25) is 4.90 Å². The van der Waals surface area contributed by atoms with Crippen LogP contribution < -0.4 is 5.32 Å². The molecule has 20 heavy (non-hydrogen) atoms. The highest BCUT2D eigenvalue weighted by atomic mass is 15.1. The van der Waals surface area contributed by atoms with Crippen LogP contribution in [0.1, 0.15) is 44.7 Å². The molecule has 1 N–H and O–H groups in total. The van der Waals surface area contributed by atoms with Crippen molar-refractivity contribution in [2.45, 2.75) is 46.7 Å². The molecule has 1 heterocycles. The Labute approximate surface area is 124 Å². The molecule has 1 saturated heterocycles. The summed E-state index contributed by atoms with van der Waals surface area (Å²) in [4.78, 5) is 2.62. The van der Waals surface area contributed by atoms with Crippen LogP contribution in [0, 0.1) is 11.8 Å². The molecule has 2 heteroatoms. The lowest BCUT2D eigenvalue weighted by Crippen LogP contribution is -2.34. The van der Waals surface area contributed by atoms with Gasteiger partial charge in [-0.25, -0.2) is 0 Å². The van der Waals surface area contributed by atoms with Gasteiger partial charge in [0, 0.05) is 13.1 Å². The van der Waals surface area contributed by atoms with Crippen LogP contribution in [-0.2, 0) is 13.1 Å². The maximum absolute atomic E-state index is 3.40. The zero-order chi connectivity index (χ0) is 14.4. The molecule has 0 aromatic heterocycles. The fraction of sp³-hybridized carbons (Fsp3) is 0.667. The number of rotatable bonds is 6. The van der Waals surface area contributed by atoms with E-state index in [0.717, 1.165) is 31.5 Å². The summed E-state index contributed by atoms with van der Waals surface area (Å²) in [7, 11) is 0. The molecule has 2 rings (SSSR count). The van der Waals surface area contributed by atoms with E-state index in [1.54, 1.807) is 0 Å². The Bertz CT molecular complexity index is 392. The van der Waals surface area contributed by atoms with E-state index >= 15 is 0 Å². The van der Waals surface area contributed by atoms with Gasteiger partial charge in [-0.2, -0.15) is 0 Å². The predicted octanol–water partition coefficient (Wildman–Crippen LogP) is 3.66. The number of hydrogen-bond donors (Lipinski definition) is 1. The molecule has 0 atom stereocenters. The molecule has 0 amide bonds. The average molecular weight is 274 g/mol. The van der Waals surface area contributed by atoms with E-state index in [1.165, 1.54) is 37.1 Å². The number of nitrogens with zero attached hydrogens (tertiary/aromatic N) is 1. The highest BCUT2D eigenvalue weighted by Gasteiger charge is 2.21. The quantitative estimate of drug-likeness (QED) is 0.851. The zero-order valence-corrected chi connectivity index (χ0v) is 13.4. The van der Waals surface area contributed by atoms with E-state index in [2.05, 4.69) is 55.3 Å². The zero-order valence-electron chi connectivity index (χ0n) is 13.4. The van der Waals surface area contributed by atoms with Crippen LogP contribution in [-0.4, -0.2) is 24.5 Å². The Morgan fingerprint density at radius 3 is 2.55 bits per heavy atom. The molecule has 1 aromatic carbocycles. The topological polar surface area (TPSA) is 15.3 Å². The summed E-state index contributed by atoms with van der Waals surface area (Å²) < 4.78 is 0. The highest BCUT2D eigenvalue weighted by Crippen LogP contribution is 2.25. The largest absolute Gasteiger partial charge is 0.313 e. The minimum atomic E-state index is 0.848. The summed E-state index contributed by atoms with van der Waals surface area (Å²) in [5, 5.41) is 3.40. The van der Waals surface area contributed by atoms with Gasteiger partial charge in [-0.15, -0.1) is 0 Å². The number of nitrogens with one attached hydrogen (secondary N) is 1. The summed E-state index contributed by atoms with van der Waals surface area (Å²) in [5.41, 5.74) is 2.87. The normalized spacial score (nSPS) is 17.8. The smallest absolute Gasteiger partial charge is 0.0233 e. The number of hydrogen-bond acceptors (Lipinski definition) is 2. The van der Waals surface area contributed by atoms with Crippen LogP contribution in [0.15, 0.2) is 24.3 Å². The van der Waals surface area contributed by atoms with Gasteiger partial charge in [-0.05, 0) is 55.4 Å². The summed E-state index contributed by atoms with van der Waals surface area (Å²) in [6.07, 6.45) is 2.74. The van der Waals surface area contributed by atoms with Gasteiger partial charge in [0.1, 0.15) is 0 Å². The summed E-state index contributed by atoms with van der Waals surface area (Å²) in [6.45, 7) is 12.6. The minimum Gasteiger partial charge on any atom is -0.313 e. The van der Waals surface area contributed by atoms with Crippen molar-refractivity contribution in [2.24, 2.45) is 11.8 Å². The molecule has 0 aliphatic carbocycles. The Morgan fingerprint density at radius 1 is 1.20 bits per heavy atom. The van der Waals surface area contributed by atoms with Crippen LogP contribution in [0.3, 0.4) is 0 Å². The molecule has 0 saturated carbocycles. The maximum Gasteiger partial charge on any atom is 0.0233 e. The Balaban J connectivity index is 1.84. The molecule has 2 nitrogen and oxygen atoms in total. The minimum absolute atomic E-state index is 0.848. The molecule has 0 unspecified atom stereocenters. The molecule has 0 spiro atoms. The van der Waals surface area contributed by atoms with Crippen LogP contribution in [0.5, 0.6) is 0 Å². The molecule has 112 valence electrons. The van der Waals surface area contributed by atoms with Gasteiger partial charge < -0.3 is 5.32 Å². The number of likely N-dealkylation sites (tertiary alicyclic amines) is 1. The number of benzene rings is 1. The van der Waals surface area contributed by atoms with E-state index in [0.29, 0.717) is 0 Å². The van der Waals surface area contributed by atoms with Gasteiger partial charge in [0.2, 0.25) is 0 Å². The first-order valence-corrected chi connectivity index (χ1v) is 8.20. The average Bonchev–Trinajstić information content (AvgIpc) is 2.46. The van der Waals surface area contributed by atoms with E-state index in [-0.39, 0.29) is 0 Å². The SMILES string of the molecule is CCNCc1cccc(CN2CCC(C(C)C)CC2)c1. The van der Waals surface area contributed by atoms with Gasteiger partial charge in [0.15, 0.2) is 0 Å². The van der Waals surface area contributed by atoms with E-state index in [4.69, 9.17) is 0 Å². The Morgan fingerprint density at radius 2 is 1.90 bits per heavy atom. The van der Waals surface area contributed by atoms with Crippen LogP contribution in [0.2, 0.25) is 0 Å². The van der Waals surface area contributed by atoms with Crippen molar-refractivity contribution >= 4 is 0 Å². The summed E-state index contributed by atoms with van der Waals surface area (Å²) in [6, 6.07) is 9.04. The lowest BCUT2D eigenvalue weighted by atomic mass is 9.86. The van der Waals surface area contributed by atoms with Crippen LogP contribution in [0.25, 0.3) is 0 Å². The van der Waals surface area contributed by atoms with Crippen LogP contribution >= 0.6 is 0 Å². The Hall–Kier alpha value is -0.860. The van der Waals surface area contributed by atoms with Crippen molar-refractivity contribution < 1.29 is 0 Å². The molecule has 1 fully saturated rings. The number of piperidine rings is 1. The molecule has 0 bridgehead atoms. The van der Waals surface area contributed by atoms with Crippen molar-refractivity contribution in [3.8, 4) is 0 Å². The third-order valence-electron chi connectivity index (χ3n) is 4.55. The van der Waals surface area contributed by atoms with Crippen molar-refractivity contribution in [1.29, 1.82) is 0 Å². The molecular weight excluding hydrogens is 244 g/mol. The summed E-state index contributed by atoms with van der Waals surface area (Å²) >= 11 is 0. The lowest BCUT2D eigenvalue weighted by Gasteiger charge is -2.33. The predicted molar refractivity (Wildman–Crippen MR) is 86.7 cm³/mol. The lowest BCUT2D eigenvalue weighted by molar-refractivity contribution is 0.152. The first-order chi connectivity index (χ1) is 9.69. The fourth-order valence-corrected chi connectivity index (χ4v) is 3.14. The molecule has 1 aliphatic rings. The summed E-state index contributed by atoms with van der Waals surface area (Å²) in [5.74, 6) is 1.78. The van der Waals surface area contributed by atoms with Gasteiger partial charge in [0.25, 0.3) is 0 Å². The first kappa shape index (κ1) is 15.5. The van der Waals surface area contributed by atoms with Gasteiger partial charge in [-0.1, -0.05) is 45.0 Å². The van der Waals surface area contributed by atoms with E-state index < -0.39 is 0 Å². The van der Waals surface area contributed by atoms with Gasteiger partial charge >= 0.3 is 0 Å². The van der Waals surface area contributed by atoms with Crippen molar-refractivity contribution in [1.82, 2.24) is 10.2 Å². The van der Waals surface area contributed by atoms with Gasteiger partial charge in [0.05, 0.1) is 0 Å².